The Bertz CT molecular complexity index is 1600. The highest BCUT2D eigenvalue weighted by Crippen LogP contribution is 2.52. The standard InChI is InChI=1S/C40H63N7O10S2/c1-10-12-27(33(51)38(56)41-17-11-2)43-36(54)30-20-40(58-18-19-59-40)21-47(30)39(57)32(23(5)6)46-37(55)31(22(3)4)45-35(53)29(16-14-25(8)49)44-34(52)28(42-26(9)50)15-13-24(7)48/h11,22-23,27-32H,2,10,12-21H2,1,3-9H3,(H,41,56)(H,42,50)(H,43,54)(H,44,52)(H,45,53)(H,46,55)/t27?,28-,29-,30-,31-,32-/m0/s1. The van der Waals surface area contributed by atoms with Gasteiger partial charge in [-0.05, 0) is 44.9 Å². The summed E-state index contributed by atoms with van der Waals surface area (Å²) in [5.74, 6) is -5.40. The van der Waals surface area contributed by atoms with E-state index >= 15 is 0 Å². The molecule has 2 heterocycles. The molecule has 19 heteroatoms. The monoisotopic (exact) mass is 865 g/mol. The highest BCUT2D eigenvalue weighted by Gasteiger charge is 2.53. The van der Waals surface area contributed by atoms with Gasteiger partial charge in [-0.25, -0.2) is 0 Å². The van der Waals surface area contributed by atoms with Crippen molar-refractivity contribution in [1.82, 2.24) is 36.8 Å². The molecule has 59 heavy (non-hydrogen) atoms. The van der Waals surface area contributed by atoms with Crippen LogP contribution in [0.2, 0.25) is 0 Å². The first-order valence-electron chi connectivity index (χ1n) is 20.2. The SMILES string of the molecule is C=CCNC(=O)C(=O)C(CCC)NC(=O)[C@@H]1CC2(CN1C(=O)[C@@H](NC(=O)[C@@H](NC(=O)[C@H](CCC(C)=O)NC(=O)[C@H](CCC(C)=O)NC(C)=O)C(C)C)C(C)C)SCCS2. The van der Waals surface area contributed by atoms with Crippen LogP contribution in [0.15, 0.2) is 12.7 Å². The van der Waals surface area contributed by atoms with Gasteiger partial charge in [-0.15, -0.1) is 30.1 Å². The summed E-state index contributed by atoms with van der Waals surface area (Å²) < 4.78 is -0.492. The Balaban J connectivity index is 2.36. The third-order valence-electron chi connectivity index (χ3n) is 9.91. The largest absolute Gasteiger partial charge is 0.346 e. The Morgan fingerprint density at radius 2 is 1.24 bits per heavy atom. The predicted octanol–water partition coefficient (Wildman–Crippen LogP) is 0.929. The van der Waals surface area contributed by atoms with Crippen LogP contribution < -0.4 is 31.9 Å². The summed E-state index contributed by atoms with van der Waals surface area (Å²) in [6.45, 7) is 16.3. The predicted molar refractivity (Wildman–Crippen MR) is 226 cm³/mol. The molecule has 0 aliphatic carbocycles. The van der Waals surface area contributed by atoms with Crippen molar-refractivity contribution < 1.29 is 47.9 Å². The lowest BCUT2D eigenvalue weighted by molar-refractivity contribution is -0.144. The molecule has 0 aromatic heterocycles. The van der Waals surface area contributed by atoms with Crippen molar-refractivity contribution in [1.29, 1.82) is 0 Å². The number of rotatable bonds is 24. The molecule has 0 bridgehead atoms. The lowest BCUT2D eigenvalue weighted by atomic mass is 9.98. The Hall–Kier alpha value is -4.26. The Labute approximate surface area is 355 Å². The quantitative estimate of drug-likeness (QED) is 0.0587. The van der Waals surface area contributed by atoms with Gasteiger partial charge in [0.25, 0.3) is 5.91 Å². The number of carbonyl (C=O) groups excluding carboxylic acids is 10. The third-order valence-corrected chi connectivity index (χ3v) is 13.3. The summed E-state index contributed by atoms with van der Waals surface area (Å²) in [6, 6.07) is -6.92. The zero-order valence-electron chi connectivity index (χ0n) is 35.5. The van der Waals surface area contributed by atoms with Crippen molar-refractivity contribution >= 4 is 82.2 Å². The second-order valence-electron chi connectivity index (χ2n) is 15.8. The number of amides is 7. The molecule has 1 spiro atoms. The molecule has 7 amide bonds. The normalized spacial score (nSPS) is 18.2. The third kappa shape index (κ3) is 15.7. The zero-order chi connectivity index (χ0) is 44.6. The molecule has 0 aromatic rings. The van der Waals surface area contributed by atoms with Gasteiger partial charge in [-0.2, -0.15) is 0 Å². The Morgan fingerprint density at radius 1 is 0.712 bits per heavy atom. The van der Waals surface area contributed by atoms with Crippen LogP contribution >= 0.6 is 23.5 Å². The maximum absolute atomic E-state index is 14.5. The number of carbonyl (C=O) groups is 10. The number of nitrogens with zero attached hydrogens (tertiary/aromatic N) is 1. The van der Waals surface area contributed by atoms with Crippen LogP contribution in [0.5, 0.6) is 0 Å². The summed E-state index contributed by atoms with van der Waals surface area (Å²) in [4.78, 5) is 132. The van der Waals surface area contributed by atoms with Crippen LogP contribution in [0, 0.1) is 11.8 Å². The minimum absolute atomic E-state index is 0.0102. The smallest absolute Gasteiger partial charge is 0.289 e. The van der Waals surface area contributed by atoms with E-state index < -0.39 is 99.3 Å². The minimum atomic E-state index is -1.30. The number of likely N-dealkylation sites (tertiary alicyclic amines) is 1. The van der Waals surface area contributed by atoms with E-state index in [2.05, 4.69) is 38.5 Å². The van der Waals surface area contributed by atoms with E-state index in [1.54, 1.807) is 51.2 Å². The van der Waals surface area contributed by atoms with E-state index in [1.165, 1.54) is 31.7 Å². The van der Waals surface area contributed by atoms with Crippen LogP contribution in [0.3, 0.4) is 0 Å². The second kappa shape index (κ2) is 24.1. The van der Waals surface area contributed by atoms with E-state index in [-0.39, 0.29) is 63.2 Å². The minimum Gasteiger partial charge on any atom is -0.346 e. The van der Waals surface area contributed by atoms with E-state index in [0.717, 1.165) is 11.5 Å². The molecule has 330 valence electrons. The fourth-order valence-corrected chi connectivity index (χ4v) is 9.98. The zero-order valence-corrected chi connectivity index (χ0v) is 37.2. The fourth-order valence-electron chi connectivity index (χ4n) is 6.72. The van der Waals surface area contributed by atoms with Gasteiger partial charge in [-0.3, -0.25) is 38.4 Å². The molecule has 0 saturated carbocycles. The van der Waals surface area contributed by atoms with Crippen LogP contribution in [0.25, 0.3) is 0 Å². The van der Waals surface area contributed by atoms with Crippen molar-refractivity contribution in [2.24, 2.45) is 11.8 Å². The van der Waals surface area contributed by atoms with Crippen molar-refractivity contribution in [2.75, 3.05) is 24.6 Å². The van der Waals surface area contributed by atoms with Crippen molar-refractivity contribution in [3.63, 3.8) is 0 Å². The molecule has 6 atom stereocenters. The second-order valence-corrected chi connectivity index (χ2v) is 19.0. The average molecular weight is 866 g/mol. The molecule has 1 unspecified atom stereocenters. The maximum atomic E-state index is 14.5. The molecule has 2 aliphatic heterocycles. The molecule has 2 rings (SSSR count). The molecule has 0 aromatic carbocycles. The van der Waals surface area contributed by atoms with Gasteiger partial charge >= 0.3 is 0 Å². The lowest BCUT2D eigenvalue weighted by Gasteiger charge is -2.33. The van der Waals surface area contributed by atoms with E-state index in [4.69, 9.17) is 0 Å². The van der Waals surface area contributed by atoms with Crippen LogP contribution in [-0.4, -0.2) is 129 Å². The summed E-state index contributed by atoms with van der Waals surface area (Å²) in [7, 11) is 0. The number of hydrogen-bond acceptors (Lipinski definition) is 12. The molecule has 2 saturated heterocycles. The Kier molecular flexibility index (Phi) is 20.8. The van der Waals surface area contributed by atoms with Crippen LogP contribution in [0.1, 0.15) is 100 Å². The molecular formula is C40H63N7O10S2. The van der Waals surface area contributed by atoms with Crippen LogP contribution in [-0.2, 0) is 47.9 Å². The molecule has 2 aliphatic rings. The van der Waals surface area contributed by atoms with Gasteiger partial charge < -0.3 is 46.4 Å². The summed E-state index contributed by atoms with van der Waals surface area (Å²) >= 11 is 3.28. The van der Waals surface area contributed by atoms with Gasteiger partial charge in [0.15, 0.2) is 0 Å². The molecule has 6 N–H and O–H groups in total. The van der Waals surface area contributed by atoms with E-state index in [1.807, 2.05) is 6.92 Å². The first kappa shape index (κ1) is 50.9. The fraction of sp³-hybridized carbons (Fsp3) is 0.700. The summed E-state index contributed by atoms with van der Waals surface area (Å²) in [5.41, 5.74) is 0. The summed E-state index contributed by atoms with van der Waals surface area (Å²) in [5, 5.41) is 15.7. The van der Waals surface area contributed by atoms with Crippen LogP contribution in [0.4, 0.5) is 0 Å². The first-order valence-corrected chi connectivity index (χ1v) is 22.1. The van der Waals surface area contributed by atoms with Crippen molar-refractivity contribution in [3.8, 4) is 0 Å². The van der Waals surface area contributed by atoms with Crippen molar-refractivity contribution in [2.45, 2.75) is 141 Å². The van der Waals surface area contributed by atoms with Gasteiger partial charge in [0.2, 0.25) is 41.2 Å². The number of thioether (sulfide) groups is 2. The molecule has 0 radical (unpaired) electrons. The maximum Gasteiger partial charge on any atom is 0.289 e. The van der Waals surface area contributed by atoms with E-state index in [0.29, 0.717) is 6.42 Å². The lowest BCUT2D eigenvalue weighted by Crippen LogP contribution is -2.61. The number of Topliss-reactive ketones (excluding diaryl/α,β-unsaturated/α-hetero) is 3. The number of hydrogen-bond donors (Lipinski definition) is 6. The molecular weight excluding hydrogens is 803 g/mol. The van der Waals surface area contributed by atoms with Gasteiger partial charge in [0, 0.05) is 50.8 Å². The van der Waals surface area contributed by atoms with E-state index in [9.17, 15) is 47.9 Å². The molecule has 2 fully saturated rings. The number of nitrogens with one attached hydrogen (secondary N) is 6. The topological polar surface area (TPSA) is 246 Å². The van der Waals surface area contributed by atoms with Gasteiger partial charge in [0.05, 0.1) is 10.1 Å². The first-order chi connectivity index (χ1) is 27.7. The van der Waals surface area contributed by atoms with Gasteiger partial charge in [-0.1, -0.05) is 47.1 Å². The average Bonchev–Trinajstić information content (AvgIpc) is 3.79. The highest BCUT2D eigenvalue weighted by molar-refractivity contribution is 8.21. The van der Waals surface area contributed by atoms with Gasteiger partial charge in [0.1, 0.15) is 41.8 Å². The number of ketones is 3. The summed E-state index contributed by atoms with van der Waals surface area (Å²) in [6.07, 6.45) is 2.16. The highest BCUT2D eigenvalue weighted by atomic mass is 32.2. The Morgan fingerprint density at radius 3 is 1.73 bits per heavy atom. The van der Waals surface area contributed by atoms with Crippen molar-refractivity contribution in [3.05, 3.63) is 12.7 Å². The molecule has 17 nitrogen and oxygen atoms in total.